The largest absolute Gasteiger partial charge is 0.487 e. The summed E-state index contributed by atoms with van der Waals surface area (Å²) in [6, 6.07) is 11.3. The van der Waals surface area contributed by atoms with Crippen molar-refractivity contribution in [2.24, 2.45) is 0 Å². The molecule has 1 atom stereocenters. The van der Waals surface area contributed by atoms with Crippen LogP contribution < -0.4 is 4.74 Å². The van der Waals surface area contributed by atoms with Gasteiger partial charge in [-0.05, 0) is 57.5 Å². The van der Waals surface area contributed by atoms with Crippen LogP contribution in [-0.2, 0) is 6.61 Å². The van der Waals surface area contributed by atoms with Gasteiger partial charge in [0, 0.05) is 29.9 Å². The summed E-state index contributed by atoms with van der Waals surface area (Å²) in [7, 11) is 1.83. The van der Waals surface area contributed by atoms with Crippen molar-refractivity contribution in [1.82, 2.24) is 19.3 Å². The number of aromatic nitrogens is 3. The number of nitrogens with zero attached hydrogens (tertiary/aromatic N) is 4. The highest BCUT2D eigenvalue weighted by Crippen LogP contribution is 2.29. The second-order valence-corrected chi connectivity index (χ2v) is 9.03. The molecule has 160 valence electrons. The lowest BCUT2D eigenvalue weighted by atomic mass is 10.1. The van der Waals surface area contributed by atoms with Gasteiger partial charge in [0.1, 0.15) is 18.0 Å². The normalized spacial score (nSPS) is 12.2. The second kappa shape index (κ2) is 8.51. The molecule has 0 aliphatic carbocycles. The summed E-state index contributed by atoms with van der Waals surface area (Å²) in [6.45, 7) is 8.39. The molecule has 0 saturated carbocycles. The number of benzene rings is 1. The summed E-state index contributed by atoms with van der Waals surface area (Å²) in [5, 5.41) is 1.01. The van der Waals surface area contributed by atoms with Crippen LogP contribution in [0.4, 0.5) is 0 Å². The number of ether oxygens (including phenoxy) is 1. The van der Waals surface area contributed by atoms with Crippen molar-refractivity contribution in [3.63, 3.8) is 0 Å². The highest BCUT2D eigenvalue weighted by molar-refractivity contribution is 7.11. The van der Waals surface area contributed by atoms with Crippen molar-refractivity contribution in [2.45, 2.75) is 40.3 Å². The number of carbonyl (C=O) groups excluding carboxylic acids is 1. The zero-order chi connectivity index (χ0) is 22.1. The minimum atomic E-state index is -0.0512. The Kier molecular flexibility index (Phi) is 5.78. The second-order valence-electron chi connectivity index (χ2n) is 7.80. The third kappa shape index (κ3) is 4.46. The minimum Gasteiger partial charge on any atom is -0.487 e. The highest BCUT2D eigenvalue weighted by Gasteiger charge is 2.22. The highest BCUT2D eigenvalue weighted by atomic mass is 32.1. The van der Waals surface area contributed by atoms with E-state index in [2.05, 4.69) is 9.97 Å². The monoisotopic (exact) mass is 434 g/mol. The number of hydrogen-bond acceptors (Lipinski definition) is 5. The van der Waals surface area contributed by atoms with Crippen molar-refractivity contribution >= 4 is 22.9 Å². The van der Waals surface area contributed by atoms with Gasteiger partial charge in [0.15, 0.2) is 0 Å². The van der Waals surface area contributed by atoms with Crippen LogP contribution in [0.1, 0.15) is 50.2 Å². The van der Waals surface area contributed by atoms with Gasteiger partial charge in [-0.2, -0.15) is 0 Å². The zero-order valence-corrected chi connectivity index (χ0v) is 19.2. The predicted octanol–water partition coefficient (Wildman–Crippen LogP) is 5.13. The third-order valence-corrected chi connectivity index (χ3v) is 6.58. The van der Waals surface area contributed by atoms with E-state index >= 15 is 0 Å². The topological polar surface area (TPSA) is 59.7 Å². The maximum Gasteiger partial charge on any atom is 0.254 e. The lowest BCUT2D eigenvalue weighted by Crippen LogP contribution is -2.29. The van der Waals surface area contributed by atoms with Crippen LogP contribution in [0, 0.1) is 20.8 Å². The Balaban J connectivity index is 1.46. The van der Waals surface area contributed by atoms with Gasteiger partial charge in [-0.1, -0.05) is 12.1 Å². The Hall–Kier alpha value is -3.19. The first kappa shape index (κ1) is 21.1. The summed E-state index contributed by atoms with van der Waals surface area (Å²) in [5.74, 6) is 0.594. The maximum atomic E-state index is 13.1. The van der Waals surface area contributed by atoms with Crippen LogP contribution in [0.5, 0.6) is 5.75 Å². The summed E-state index contributed by atoms with van der Waals surface area (Å²) in [5.41, 5.74) is 4.47. The van der Waals surface area contributed by atoms with Crippen molar-refractivity contribution in [2.75, 3.05) is 7.05 Å². The lowest BCUT2D eigenvalue weighted by Gasteiger charge is -2.24. The van der Waals surface area contributed by atoms with E-state index in [1.807, 2.05) is 81.9 Å². The number of rotatable bonds is 6. The third-order valence-electron chi connectivity index (χ3n) is 5.34. The van der Waals surface area contributed by atoms with E-state index in [-0.39, 0.29) is 11.9 Å². The first-order valence-corrected chi connectivity index (χ1v) is 11.0. The Labute approximate surface area is 186 Å². The maximum absolute atomic E-state index is 13.1. The van der Waals surface area contributed by atoms with Crippen LogP contribution in [0.3, 0.4) is 0 Å². The summed E-state index contributed by atoms with van der Waals surface area (Å²) < 4.78 is 7.93. The Morgan fingerprint density at radius 2 is 1.97 bits per heavy atom. The van der Waals surface area contributed by atoms with Gasteiger partial charge in [0.2, 0.25) is 0 Å². The van der Waals surface area contributed by atoms with Gasteiger partial charge in [-0.15, -0.1) is 11.3 Å². The van der Waals surface area contributed by atoms with Crippen molar-refractivity contribution < 1.29 is 9.53 Å². The fourth-order valence-electron chi connectivity index (χ4n) is 3.59. The molecular weight excluding hydrogens is 408 g/mol. The first-order chi connectivity index (χ1) is 14.8. The fraction of sp³-hybridized carbons (Fsp3) is 0.292. The molecule has 3 heterocycles. The number of hydrogen-bond donors (Lipinski definition) is 0. The zero-order valence-electron chi connectivity index (χ0n) is 18.4. The Morgan fingerprint density at radius 1 is 1.16 bits per heavy atom. The number of fused-ring (bicyclic) bond motifs is 1. The molecule has 0 radical (unpaired) electrons. The number of amides is 1. The van der Waals surface area contributed by atoms with Crippen molar-refractivity contribution in [3.8, 4) is 5.75 Å². The van der Waals surface area contributed by atoms with E-state index in [9.17, 15) is 4.79 Å². The molecule has 31 heavy (non-hydrogen) atoms. The molecule has 6 nitrogen and oxygen atoms in total. The Bertz CT molecular complexity index is 1240. The number of thiazole rings is 1. The van der Waals surface area contributed by atoms with Gasteiger partial charge in [0.05, 0.1) is 22.4 Å². The van der Waals surface area contributed by atoms with E-state index in [0.29, 0.717) is 17.9 Å². The fourth-order valence-corrected chi connectivity index (χ4v) is 4.61. The van der Waals surface area contributed by atoms with Crippen LogP contribution in [0.25, 0.3) is 5.65 Å². The number of imidazole rings is 1. The molecular formula is C24H26N4O2S. The quantitative estimate of drug-likeness (QED) is 0.422. The molecule has 0 aliphatic rings. The van der Waals surface area contributed by atoms with E-state index in [0.717, 1.165) is 26.9 Å². The molecule has 0 bridgehead atoms. The molecule has 1 amide bonds. The van der Waals surface area contributed by atoms with Crippen LogP contribution in [-0.4, -0.2) is 32.2 Å². The predicted molar refractivity (Wildman–Crippen MR) is 123 cm³/mol. The van der Waals surface area contributed by atoms with Crippen molar-refractivity contribution in [1.29, 1.82) is 0 Å². The molecule has 1 unspecified atom stereocenters. The molecule has 0 saturated heterocycles. The number of carbonyl (C=O) groups is 1. The molecule has 4 rings (SSSR count). The van der Waals surface area contributed by atoms with Crippen LogP contribution >= 0.6 is 11.3 Å². The SMILES string of the molecule is Cc1ccc2nc(COc3cccc(C(=O)N(C)C(C)c4sc(C)nc4C)c3)cn2c1. The molecule has 7 heteroatoms. The molecule has 3 aromatic heterocycles. The van der Waals surface area contributed by atoms with E-state index in [1.54, 1.807) is 22.3 Å². The van der Waals surface area contributed by atoms with Gasteiger partial charge in [-0.3, -0.25) is 4.79 Å². The van der Waals surface area contributed by atoms with Crippen molar-refractivity contribution in [3.05, 3.63) is 81.2 Å². The average molecular weight is 435 g/mol. The molecule has 0 aliphatic heterocycles. The molecule has 0 fully saturated rings. The van der Waals surface area contributed by atoms with Gasteiger partial charge < -0.3 is 14.0 Å². The summed E-state index contributed by atoms with van der Waals surface area (Å²) in [4.78, 5) is 25.0. The first-order valence-electron chi connectivity index (χ1n) is 10.2. The van der Waals surface area contributed by atoms with E-state index < -0.39 is 0 Å². The van der Waals surface area contributed by atoms with Crippen LogP contribution in [0.2, 0.25) is 0 Å². The number of pyridine rings is 1. The average Bonchev–Trinajstić information content (AvgIpc) is 3.32. The van der Waals surface area contributed by atoms with Gasteiger partial charge >= 0.3 is 0 Å². The minimum absolute atomic E-state index is 0.0494. The Morgan fingerprint density at radius 3 is 2.71 bits per heavy atom. The summed E-state index contributed by atoms with van der Waals surface area (Å²) >= 11 is 1.64. The van der Waals surface area contributed by atoms with Gasteiger partial charge in [-0.25, -0.2) is 9.97 Å². The molecule has 4 aromatic rings. The smallest absolute Gasteiger partial charge is 0.254 e. The lowest BCUT2D eigenvalue weighted by molar-refractivity contribution is 0.0744. The summed E-state index contributed by atoms with van der Waals surface area (Å²) in [6.07, 6.45) is 4.00. The van der Waals surface area contributed by atoms with E-state index in [4.69, 9.17) is 4.74 Å². The molecule has 0 N–H and O–H groups in total. The van der Waals surface area contributed by atoms with E-state index in [1.165, 1.54) is 5.56 Å². The number of aryl methyl sites for hydroxylation is 3. The van der Waals surface area contributed by atoms with Gasteiger partial charge in [0.25, 0.3) is 5.91 Å². The van der Waals surface area contributed by atoms with Crippen LogP contribution in [0.15, 0.2) is 48.8 Å². The molecule has 1 aromatic carbocycles. The molecule has 0 spiro atoms. The standard InChI is InChI=1S/C24H26N4O2S/c1-15-9-10-22-26-20(13-28(22)12-15)14-30-21-8-6-7-19(11-21)24(29)27(5)17(3)23-16(2)25-18(4)31-23/h6-13,17H,14H2,1-5H3.